The third-order valence-corrected chi connectivity index (χ3v) is 5.10. The average molecular weight is 354 g/mol. The Morgan fingerprint density at radius 1 is 1.32 bits per heavy atom. The largest absolute Gasteiger partial charge is 0.550 e. The van der Waals surface area contributed by atoms with E-state index in [0.717, 1.165) is 63.5 Å². The van der Waals surface area contributed by atoms with E-state index in [4.69, 9.17) is 0 Å². The maximum absolute atomic E-state index is 13.9. The minimum atomic E-state index is -0.990. The Morgan fingerprint density at radius 2 is 2.08 bits per heavy atom. The monoisotopic (exact) mass is 354 g/mol. The second kappa shape index (κ2) is 12.9. The van der Waals surface area contributed by atoms with Gasteiger partial charge in [0.1, 0.15) is 6.17 Å². The highest BCUT2D eigenvalue weighted by Gasteiger charge is 2.31. The van der Waals surface area contributed by atoms with Crippen LogP contribution in [0.3, 0.4) is 0 Å². The average Bonchev–Trinajstić information content (AvgIpc) is 2.98. The van der Waals surface area contributed by atoms with Crippen molar-refractivity contribution in [2.45, 2.75) is 90.1 Å². The van der Waals surface area contributed by atoms with Crippen LogP contribution in [0, 0.1) is 11.8 Å². The van der Waals surface area contributed by atoms with E-state index in [9.17, 15) is 19.5 Å². The van der Waals surface area contributed by atoms with Crippen LogP contribution < -0.4 is 5.11 Å². The predicted molar refractivity (Wildman–Crippen MR) is 96.3 cm³/mol. The van der Waals surface area contributed by atoms with Gasteiger partial charge < -0.3 is 15.1 Å². The molecule has 0 bridgehead atoms. The molecule has 0 aliphatic heterocycles. The molecule has 1 rings (SSSR count). The van der Waals surface area contributed by atoms with Crippen molar-refractivity contribution in [2.24, 2.45) is 17.0 Å². The van der Waals surface area contributed by atoms with E-state index in [2.05, 4.69) is 12.1 Å². The molecule has 1 aliphatic rings. The summed E-state index contributed by atoms with van der Waals surface area (Å²) in [5.41, 5.74) is 0.825. The van der Waals surface area contributed by atoms with Crippen LogP contribution in [0.5, 0.6) is 0 Å². The Labute approximate surface area is 151 Å². The zero-order valence-electron chi connectivity index (χ0n) is 15.5. The first-order valence-corrected chi connectivity index (χ1v) is 9.81. The van der Waals surface area contributed by atoms with Crippen LogP contribution >= 0.6 is 0 Å². The molecule has 0 unspecified atom stereocenters. The van der Waals surface area contributed by atoms with Crippen molar-refractivity contribution in [3.05, 3.63) is 12.2 Å². The van der Waals surface area contributed by atoms with Gasteiger partial charge in [0.15, 0.2) is 0 Å². The molecule has 4 nitrogen and oxygen atoms in total. The molecular weight excluding hydrogens is 321 g/mol. The first-order chi connectivity index (χ1) is 12.1. The van der Waals surface area contributed by atoms with Gasteiger partial charge in [-0.1, -0.05) is 62.8 Å². The summed E-state index contributed by atoms with van der Waals surface area (Å²) >= 11 is 0. The number of nitrogens with zero attached hydrogens (tertiary/aromatic N) is 1. The van der Waals surface area contributed by atoms with Crippen LogP contribution in [0.1, 0.15) is 84.0 Å². The minimum Gasteiger partial charge on any atom is -0.550 e. The van der Waals surface area contributed by atoms with Crippen molar-refractivity contribution in [1.29, 1.82) is 0 Å². The van der Waals surface area contributed by atoms with Crippen LogP contribution in [0.15, 0.2) is 17.3 Å². The maximum atomic E-state index is 13.9. The lowest BCUT2D eigenvalue weighted by molar-refractivity contribution is -0.305. The van der Waals surface area contributed by atoms with Crippen LogP contribution in [-0.2, 0) is 4.79 Å². The molecule has 0 radical (unpaired) electrons. The number of carboxylic acids is 1. The minimum absolute atomic E-state index is 0.119. The summed E-state index contributed by atoms with van der Waals surface area (Å²) < 4.78 is 13.9. The van der Waals surface area contributed by atoms with Gasteiger partial charge in [0, 0.05) is 11.9 Å². The summed E-state index contributed by atoms with van der Waals surface area (Å²) in [5.74, 6) is -0.556. The summed E-state index contributed by atoms with van der Waals surface area (Å²) in [7, 11) is 0. The van der Waals surface area contributed by atoms with Gasteiger partial charge in [-0.15, -0.1) is 0 Å². The van der Waals surface area contributed by atoms with E-state index in [0.29, 0.717) is 12.8 Å². The van der Waals surface area contributed by atoms with Crippen molar-refractivity contribution >= 4 is 11.7 Å². The Bertz CT molecular complexity index is 437. The summed E-state index contributed by atoms with van der Waals surface area (Å²) in [6, 6.07) is 0. The summed E-state index contributed by atoms with van der Waals surface area (Å²) in [4.78, 5) is 10.4. The van der Waals surface area contributed by atoms with Crippen molar-refractivity contribution in [2.75, 3.05) is 0 Å². The lowest BCUT2D eigenvalue weighted by Gasteiger charge is -2.17. The molecule has 1 saturated carbocycles. The van der Waals surface area contributed by atoms with Gasteiger partial charge >= 0.3 is 0 Å². The van der Waals surface area contributed by atoms with E-state index < -0.39 is 12.1 Å². The van der Waals surface area contributed by atoms with Crippen LogP contribution in [-0.4, -0.2) is 23.1 Å². The Balaban J connectivity index is 2.38. The highest BCUT2D eigenvalue weighted by Crippen LogP contribution is 2.35. The normalized spacial score (nSPS) is 23.5. The molecule has 0 spiro atoms. The Hall–Kier alpha value is -1.39. The maximum Gasteiger partial charge on any atom is 0.118 e. The van der Waals surface area contributed by atoms with E-state index in [1.165, 1.54) is 0 Å². The second-order valence-corrected chi connectivity index (χ2v) is 7.12. The molecule has 3 atom stereocenters. The molecule has 0 saturated heterocycles. The number of rotatable bonds is 13. The lowest BCUT2D eigenvalue weighted by atomic mass is 9.89. The Kier molecular flexibility index (Phi) is 11.2. The summed E-state index contributed by atoms with van der Waals surface area (Å²) in [6.45, 7) is 2.11. The van der Waals surface area contributed by atoms with Gasteiger partial charge in [-0.05, 0) is 44.4 Å². The van der Waals surface area contributed by atoms with Crippen LogP contribution in [0.2, 0.25) is 0 Å². The van der Waals surface area contributed by atoms with Gasteiger partial charge in [-0.2, -0.15) is 0 Å². The second-order valence-electron chi connectivity index (χ2n) is 7.12. The van der Waals surface area contributed by atoms with Crippen LogP contribution in [0.25, 0.3) is 0 Å². The number of aliphatic carboxylic acids is 1. The molecule has 0 heterocycles. The molecule has 0 amide bonds. The van der Waals surface area contributed by atoms with E-state index >= 15 is 0 Å². The third-order valence-electron chi connectivity index (χ3n) is 5.10. The number of alkyl halides is 1. The molecule has 5 heteroatoms. The zero-order valence-corrected chi connectivity index (χ0v) is 15.5. The van der Waals surface area contributed by atoms with Crippen molar-refractivity contribution in [3.63, 3.8) is 0 Å². The number of oxime groups is 1. The number of halogens is 1. The standard InChI is InChI=1S/C20H34FNO3/c1-2-3-6-9-17(21)14-12-16-13-15-19(22-25)18(16)10-7-4-5-8-11-20(23)24/h12,14,16-18,25H,2-11,13,15H2,1H3,(H,23,24)/p-1/b14-12+,22-19?/t16-,17-,18+/m0/s1. The SMILES string of the molecule is CCCCC[C@H](F)/C=C/[C@H]1CCC(=NO)[C@@H]1CCCCCCC(=O)[O-]. The molecular formula is C20H33FNO3-. The van der Waals surface area contributed by atoms with E-state index in [1.54, 1.807) is 6.08 Å². The number of carbonyl (C=O) groups is 1. The number of carboxylic acid groups (broad SMARTS) is 1. The number of carbonyl (C=O) groups excluding carboxylic acids is 1. The van der Waals surface area contributed by atoms with Gasteiger partial charge in [0.2, 0.25) is 0 Å². The molecule has 1 fully saturated rings. The fourth-order valence-corrected chi connectivity index (χ4v) is 3.62. The van der Waals surface area contributed by atoms with Gasteiger partial charge in [-0.25, -0.2) is 4.39 Å². The first-order valence-electron chi connectivity index (χ1n) is 9.81. The van der Waals surface area contributed by atoms with Crippen LogP contribution in [0.4, 0.5) is 4.39 Å². The Morgan fingerprint density at radius 3 is 2.76 bits per heavy atom. The lowest BCUT2D eigenvalue weighted by Crippen LogP contribution is -2.21. The summed E-state index contributed by atoms with van der Waals surface area (Å²) in [6.07, 6.45) is 12.6. The number of allylic oxidation sites excluding steroid dienone is 2. The highest BCUT2D eigenvalue weighted by atomic mass is 19.1. The fraction of sp³-hybridized carbons (Fsp3) is 0.800. The number of hydrogen-bond acceptors (Lipinski definition) is 4. The molecule has 1 aliphatic carbocycles. The van der Waals surface area contributed by atoms with Gasteiger partial charge in [0.05, 0.1) is 5.71 Å². The molecule has 0 aromatic rings. The molecule has 144 valence electrons. The smallest absolute Gasteiger partial charge is 0.118 e. The third kappa shape index (κ3) is 9.03. The number of unbranched alkanes of at least 4 members (excludes halogenated alkanes) is 5. The highest BCUT2D eigenvalue weighted by molar-refractivity contribution is 5.88. The van der Waals surface area contributed by atoms with Gasteiger partial charge in [0.25, 0.3) is 0 Å². The summed E-state index contributed by atoms with van der Waals surface area (Å²) in [5, 5.41) is 23.0. The van der Waals surface area contributed by atoms with E-state index in [1.807, 2.05) is 6.08 Å². The molecule has 0 aromatic heterocycles. The number of hydrogen-bond donors (Lipinski definition) is 1. The first kappa shape index (κ1) is 21.7. The quantitative estimate of drug-likeness (QED) is 0.230. The molecule has 0 aromatic carbocycles. The zero-order chi connectivity index (χ0) is 18.5. The molecule has 1 N–H and O–H groups in total. The van der Waals surface area contributed by atoms with Crippen molar-refractivity contribution in [3.8, 4) is 0 Å². The van der Waals surface area contributed by atoms with E-state index in [-0.39, 0.29) is 18.3 Å². The predicted octanol–water partition coefficient (Wildman–Crippen LogP) is 4.41. The molecule has 25 heavy (non-hydrogen) atoms. The topological polar surface area (TPSA) is 72.7 Å². The van der Waals surface area contributed by atoms with Gasteiger partial charge in [-0.3, -0.25) is 0 Å². The van der Waals surface area contributed by atoms with Crippen molar-refractivity contribution in [1.82, 2.24) is 0 Å². The fourth-order valence-electron chi connectivity index (χ4n) is 3.62. The van der Waals surface area contributed by atoms with Crippen molar-refractivity contribution < 1.29 is 19.5 Å².